The highest BCUT2D eigenvalue weighted by Crippen LogP contribution is 2.26. The SMILES string of the molecule is CCC(C)c1ccc(C(O)c2ccsc2)cc1. The summed E-state index contributed by atoms with van der Waals surface area (Å²) in [6.07, 6.45) is 0.652. The van der Waals surface area contributed by atoms with E-state index in [1.165, 1.54) is 5.56 Å². The molecule has 0 aliphatic rings. The summed E-state index contributed by atoms with van der Waals surface area (Å²) in [5.41, 5.74) is 3.29. The van der Waals surface area contributed by atoms with Crippen LogP contribution in [0.4, 0.5) is 0 Å². The Balaban J connectivity index is 2.18. The van der Waals surface area contributed by atoms with Crippen molar-refractivity contribution >= 4 is 11.3 Å². The Hall–Kier alpha value is -1.12. The molecule has 1 aromatic heterocycles. The largest absolute Gasteiger partial charge is 0.384 e. The molecule has 1 N–H and O–H groups in total. The fourth-order valence-electron chi connectivity index (χ4n) is 1.87. The molecule has 1 heterocycles. The summed E-state index contributed by atoms with van der Waals surface area (Å²) < 4.78 is 0. The van der Waals surface area contributed by atoms with Gasteiger partial charge in [-0.3, -0.25) is 0 Å². The lowest BCUT2D eigenvalue weighted by Crippen LogP contribution is -1.99. The van der Waals surface area contributed by atoms with Gasteiger partial charge in [-0.05, 0) is 45.9 Å². The fraction of sp³-hybridized carbons (Fsp3) is 0.333. The lowest BCUT2D eigenvalue weighted by Gasteiger charge is -2.12. The van der Waals surface area contributed by atoms with Crippen LogP contribution >= 0.6 is 11.3 Å². The van der Waals surface area contributed by atoms with Gasteiger partial charge in [0.15, 0.2) is 0 Å². The van der Waals surface area contributed by atoms with Gasteiger partial charge in [0.2, 0.25) is 0 Å². The molecule has 2 rings (SSSR count). The zero-order valence-electron chi connectivity index (χ0n) is 10.3. The van der Waals surface area contributed by atoms with E-state index in [1.54, 1.807) is 11.3 Å². The maximum absolute atomic E-state index is 10.2. The monoisotopic (exact) mass is 246 g/mol. The molecule has 0 amide bonds. The Morgan fingerprint density at radius 2 is 1.71 bits per heavy atom. The third-order valence-electron chi connectivity index (χ3n) is 3.29. The van der Waals surface area contributed by atoms with Crippen molar-refractivity contribution in [2.45, 2.75) is 32.3 Å². The fourth-order valence-corrected chi connectivity index (χ4v) is 2.54. The van der Waals surface area contributed by atoms with Crippen LogP contribution in [0.25, 0.3) is 0 Å². The van der Waals surface area contributed by atoms with Gasteiger partial charge in [0.1, 0.15) is 6.10 Å². The van der Waals surface area contributed by atoms with E-state index < -0.39 is 6.10 Å². The third kappa shape index (κ3) is 2.76. The number of thiophene rings is 1. The van der Waals surface area contributed by atoms with Gasteiger partial charge >= 0.3 is 0 Å². The number of rotatable bonds is 4. The van der Waals surface area contributed by atoms with Crippen molar-refractivity contribution in [2.24, 2.45) is 0 Å². The van der Waals surface area contributed by atoms with Crippen molar-refractivity contribution in [3.05, 3.63) is 57.8 Å². The number of aliphatic hydroxyl groups is 1. The zero-order chi connectivity index (χ0) is 12.3. The Bertz CT molecular complexity index is 444. The second-order valence-corrected chi connectivity index (χ2v) is 5.22. The maximum atomic E-state index is 10.2. The van der Waals surface area contributed by atoms with Crippen LogP contribution in [-0.4, -0.2) is 5.11 Å². The first-order valence-electron chi connectivity index (χ1n) is 6.02. The van der Waals surface area contributed by atoms with E-state index >= 15 is 0 Å². The summed E-state index contributed by atoms with van der Waals surface area (Å²) in [7, 11) is 0. The summed E-state index contributed by atoms with van der Waals surface area (Å²) in [6.45, 7) is 4.42. The van der Waals surface area contributed by atoms with Crippen LogP contribution < -0.4 is 0 Å². The molecule has 17 heavy (non-hydrogen) atoms. The summed E-state index contributed by atoms with van der Waals surface area (Å²) in [4.78, 5) is 0. The minimum atomic E-state index is -0.493. The molecule has 2 unspecified atom stereocenters. The molecule has 0 bridgehead atoms. The van der Waals surface area contributed by atoms with Crippen molar-refractivity contribution in [3.63, 3.8) is 0 Å². The molecular formula is C15H18OS. The lowest BCUT2D eigenvalue weighted by molar-refractivity contribution is 0.221. The Morgan fingerprint density at radius 3 is 2.24 bits per heavy atom. The molecule has 0 aliphatic heterocycles. The zero-order valence-corrected chi connectivity index (χ0v) is 11.1. The van der Waals surface area contributed by atoms with Crippen molar-refractivity contribution in [3.8, 4) is 0 Å². The minimum absolute atomic E-state index is 0.493. The van der Waals surface area contributed by atoms with Gasteiger partial charge in [0.25, 0.3) is 0 Å². The van der Waals surface area contributed by atoms with Crippen LogP contribution in [0.5, 0.6) is 0 Å². The van der Waals surface area contributed by atoms with Crippen LogP contribution in [0.1, 0.15) is 49.0 Å². The molecule has 0 saturated carbocycles. The van der Waals surface area contributed by atoms with E-state index in [0.29, 0.717) is 5.92 Å². The van der Waals surface area contributed by atoms with Crippen LogP contribution in [0.2, 0.25) is 0 Å². The van der Waals surface area contributed by atoms with Crippen molar-refractivity contribution < 1.29 is 5.11 Å². The average Bonchev–Trinajstić information content (AvgIpc) is 2.91. The molecular weight excluding hydrogens is 228 g/mol. The average molecular weight is 246 g/mol. The molecule has 0 spiro atoms. The summed E-state index contributed by atoms with van der Waals surface area (Å²) in [6, 6.07) is 10.3. The first-order chi connectivity index (χ1) is 8.22. The quantitative estimate of drug-likeness (QED) is 0.850. The predicted octanol–water partition coefficient (Wildman–Crippen LogP) is 4.34. The number of benzene rings is 1. The molecule has 1 aromatic carbocycles. The number of hydrogen-bond donors (Lipinski definition) is 1. The first-order valence-corrected chi connectivity index (χ1v) is 6.96. The minimum Gasteiger partial charge on any atom is -0.384 e. The maximum Gasteiger partial charge on any atom is 0.105 e. The normalized spacial score (nSPS) is 14.5. The van der Waals surface area contributed by atoms with E-state index in [1.807, 2.05) is 29.0 Å². The van der Waals surface area contributed by atoms with Gasteiger partial charge in [-0.25, -0.2) is 0 Å². The Labute approximate surface area is 107 Å². The van der Waals surface area contributed by atoms with Gasteiger partial charge in [0, 0.05) is 0 Å². The molecule has 2 atom stereocenters. The standard InChI is InChI=1S/C15H18OS/c1-3-11(2)12-4-6-13(7-5-12)15(16)14-8-9-17-10-14/h4-11,15-16H,3H2,1-2H3. The van der Waals surface area contributed by atoms with E-state index in [0.717, 1.165) is 17.5 Å². The van der Waals surface area contributed by atoms with Gasteiger partial charge in [-0.2, -0.15) is 11.3 Å². The summed E-state index contributed by atoms with van der Waals surface area (Å²) in [5, 5.41) is 14.2. The molecule has 0 radical (unpaired) electrons. The highest BCUT2D eigenvalue weighted by molar-refractivity contribution is 7.07. The molecule has 2 heteroatoms. The van der Waals surface area contributed by atoms with Gasteiger partial charge in [-0.1, -0.05) is 38.1 Å². The topological polar surface area (TPSA) is 20.2 Å². The van der Waals surface area contributed by atoms with Crippen molar-refractivity contribution in [1.29, 1.82) is 0 Å². The summed E-state index contributed by atoms with van der Waals surface area (Å²) in [5.74, 6) is 0.586. The van der Waals surface area contributed by atoms with E-state index in [9.17, 15) is 5.11 Å². The molecule has 0 fully saturated rings. The molecule has 1 nitrogen and oxygen atoms in total. The van der Waals surface area contributed by atoms with Gasteiger partial charge < -0.3 is 5.11 Å². The molecule has 0 aliphatic carbocycles. The van der Waals surface area contributed by atoms with E-state index in [2.05, 4.69) is 26.0 Å². The van der Waals surface area contributed by atoms with Crippen LogP contribution in [0.15, 0.2) is 41.1 Å². The smallest absolute Gasteiger partial charge is 0.105 e. The molecule has 90 valence electrons. The number of aliphatic hydroxyl groups excluding tert-OH is 1. The second kappa shape index (κ2) is 5.48. The van der Waals surface area contributed by atoms with Gasteiger partial charge in [0.05, 0.1) is 0 Å². The second-order valence-electron chi connectivity index (χ2n) is 4.44. The highest BCUT2D eigenvalue weighted by Gasteiger charge is 2.11. The Morgan fingerprint density at radius 1 is 1.06 bits per heavy atom. The van der Waals surface area contributed by atoms with E-state index in [-0.39, 0.29) is 0 Å². The van der Waals surface area contributed by atoms with E-state index in [4.69, 9.17) is 0 Å². The predicted molar refractivity (Wildman–Crippen MR) is 73.5 cm³/mol. The lowest BCUT2D eigenvalue weighted by atomic mass is 9.95. The highest BCUT2D eigenvalue weighted by atomic mass is 32.1. The van der Waals surface area contributed by atoms with Crippen LogP contribution in [0.3, 0.4) is 0 Å². The third-order valence-corrected chi connectivity index (χ3v) is 3.99. The van der Waals surface area contributed by atoms with Crippen LogP contribution in [0, 0.1) is 0 Å². The van der Waals surface area contributed by atoms with Crippen LogP contribution in [-0.2, 0) is 0 Å². The van der Waals surface area contributed by atoms with Crippen molar-refractivity contribution in [1.82, 2.24) is 0 Å². The molecule has 0 saturated heterocycles. The van der Waals surface area contributed by atoms with Gasteiger partial charge in [-0.15, -0.1) is 0 Å². The van der Waals surface area contributed by atoms with Crippen molar-refractivity contribution in [2.75, 3.05) is 0 Å². The number of hydrogen-bond acceptors (Lipinski definition) is 2. The Kier molecular flexibility index (Phi) is 3.97. The summed E-state index contributed by atoms with van der Waals surface area (Å²) >= 11 is 1.61. The first kappa shape index (κ1) is 12.3. The molecule has 2 aromatic rings.